The molecule has 0 spiro atoms. The van der Waals surface area contributed by atoms with Crippen LogP contribution in [0.25, 0.3) is 0 Å². The fourth-order valence-corrected chi connectivity index (χ4v) is 3.55. The first-order valence-corrected chi connectivity index (χ1v) is 9.32. The average molecular weight is 370 g/mol. The molecule has 27 heavy (non-hydrogen) atoms. The minimum atomic E-state index is -0.570. The van der Waals surface area contributed by atoms with Gasteiger partial charge in [0.1, 0.15) is 11.4 Å². The average Bonchev–Trinajstić information content (AvgIpc) is 2.96. The lowest BCUT2D eigenvalue weighted by Crippen LogP contribution is -2.42. The van der Waals surface area contributed by atoms with Crippen molar-refractivity contribution in [1.82, 2.24) is 10.2 Å². The number of halogens is 1. The lowest BCUT2D eigenvalue weighted by molar-refractivity contribution is 0.0502. The third kappa shape index (κ3) is 5.30. The highest BCUT2D eigenvalue weighted by Gasteiger charge is 2.36. The number of likely N-dealkylation sites (tertiary alicyclic amines) is 1. The molecule has 0 aliphatic carbocycles. The third-order valence-corrected chi connectivity index (χ3v) is 4.65. The third-order valence-electron chi connectivity index (χ3n) is 4.65. The minimum Gasteiger partial charge on any atom is -0.444 e. The monoisotopic (exact) mass is 370 g/mol. The summed E-state index contributed by atoms with van der Waals surface area (Å²) in [5, 5.41) is 2.96. The van der Waals surface area contributed by atoms with Gasteiger partial charge in [-0.15, -0.1) is 0 Å². The first-order chi connectivity index (χ1) is 12.8. The van der Waals surface area contributed by atoms with Crippen LogP contribution in [0.5, 0.6) is 0 Å². The summed E-state index contributed by atoms with van der Waals surface area (Å²) in [6.07, 6.45) is -0.463. The summed E-state index contributed by atoms with van der Waals surface area (Å²) in [6, 6.07) is 16.7. The van der Waals surface area contributed by atoms with Gasteiger partial charge in [0.15, 0.2) is 0 Å². The molecule has 0 bridgehead atoms. The molecule has 0 aromatic heterocycles. The van der Waals surface area contributed by atoms with Crippen molar-refractivity contribution < 1.29 is 13.9 Å². The summed E-state index contributed by atoms with van der Waals surface area (Å²) in [7, 11) is 0. The van der Waals surface area contributed by atoms with E-state index in [-0.39, 0.29) is 17.8 Å². The number of carbonyl (C=O) groups excluding carboxylic acids is 1. The first-order valence-electron chi connectivity index (χ1n) is 9.32. The van der Waals surface area contributed by atoms with E-state index in [4.69, 9.17) is 4.74 Å². The van der Waals surface area contributed by atoms with Crippen LogP contribution in [0.3, 0.4) is 0 Å². The molecule has 1 aliphatic rings. The summed E-state index contributed by atoms with van der Waals surface area (Å²) < 4.78 is 19.8. The molecular weight excluding hydrogens is 343 g/mol. The number of hydrogen-bond acceptors (Lipinski definition) is 3. The highest BCUT2D eigenvalue weighted by molar-refractivity contribution is 5.68. The van der Waals surface area contributed by atoms with Crippen molar-refractivity contribution in [3.63, 3.8) is 0 Å². The fraction of sp³-hybridized carbons (Fsp3) is 0.409. The molecule has 1 N–H and O–H groups in total. The molecule has 1 aliphatic heterocycles. The lowest BCUT2D eigenvalue weighted by atomic mass is 9.94. The van der Waals surface area contributed by atoms with E-state index in [1.807, 2.05) is 45.0 Å². The van der Waals surface area contributed by atoms with Crippen LogP contribution in [-0.4, -0.2) is 35.7 Å². The molecular formula is C22H27FN2O2. The summed E-state index contributed by atoms with van der Waals surface area (Å²) >= 11 is 0. The minimum absolute atomic E-state index is 0.123. The van der Waals surface area contributed by atoms with E-state index in [9.17, 15) is 9.18 Å². The molecule has 1 heterocycles. The van der Waals surface area contributed by atoms with Gasteiger partial charge in [0.2, 0.25) is 0 Å². The van der Waals surface area contributed by atoms with Crippen LogP contribution in [0.15, 0.2) is 54.6 Å². The van der Waals surface area contributed by atoms with Crippen molar-refractivity contribution in [2.75, 3.05) is 13.1 Å². The second-order valence-electron chi connectivity index (χ2n) is 8.06. The van der Waals surface area contributed by atoms with E-state index in [0.717, 1.165) is 6.54 Å². The quantitative estimate of drug-likeness (QED) is 0.872. The lowest BCUT2D eigenvalue weighted by Gasteiger charge is -2.24. The SMILES string of the molecule is CC(C)(C)OC(=O)N[C@@H]1CN(Cc2ccccc2)C[C@@H]1c1ccccc1F. The zero-order valence-corrected chi connectivity index (χ0v) is 16.1. The number of nitrogens with zero attached hydrogens (tertiary/aromatic N) is 1. The van der Waals surface area contributed by atoms with Crippen molar-refractivity contribution in [2.45, 2.75) is 44.9 Å². The molecule has 1 amide bonds. The van der Waals surface area contributed by atoms with E-state index < -0.39 is 11.7 Å². The Balaban J connectivity index is 1.77. The molecule has 2 aromatic rings. The van der Waals surface area contributed by atoms with E-state index in [2.05, 4.69) is 22.3 Å². The number of amides is 1. The van der Waals surface area contributed by atoms with Crippen LogP contribution in [0.2, 0.25) is 0 Å². The number of hydrogen-bond donors (Lipinski definition) is 1. The summed E-state index contributed by atoms with van der Waals surface area (Å²) in [5.74, 6) is -0.359. The topological polar surface area (TPSA) is 41.6 Å². The second kappa shape index (κ2) is 8.09. The van der Waals surface area contributed by atoms with Gasteiger partial charge in [-0.3, -0.25) is 4.90 Å². The highest BCUT2D eigenvalue weighted by Crippen LogP contribution is 2.30. The molecule has 2 atom stereocenters. The van der Waals surface area contributed by atoms with Crippen molar-refractivity contribution >= 4 is 6.09 Å². The van der Waals surface area contributed by atoms with Crippen LogP contribution >= 0.6 is 0 Å². The molecule has 0 radical (unpaired) electrons. The van der Waals surface area contributed by atoms with E-state index in [1.165, 1.54) is 11.6 Å². The maximum atomic E-state index is 14.4. The van der Waals surface area contributed by atoms with Gasteiger partial charge in [0.25, 0.3) is 0 Å². The molecule has 1 saturated heterocycles. The number of benzene rings is 2. The Morgan fingerprint density at radius 2 is 1.78 bits per heavy atom. The summed E-state index contributed by atoms with van der Waals surface area (Å²) in [6.45, 7) is 7.58. The van der Waals surface area contributed by atoms with E-state index in [1.54, 1.807) is 12.1 Å². The van der Waals surface area contributed by atoms with Crippen molar-refractivity contribution in [3.8, 4) is 0 Å². The Hall–Kier alpha value is -2.40. The van der Waals surface area contributed by atoms with E-state index in [0.29, 0.717) is 18.7 Å². The predicted octanol–water partition coefficient (Wildman–Crippen LogP) is 4.32. The summed E-state index contributed by atoms with van der Waals surface area (Å²) in [5.41, 5.74) is 1.26. The number of alkyl carbamates (subject to hydrolysis) is 1. The van der Waals surface area contributed by atoms with Gasteiger partial charge < -0.3 is 10.1 Å². The molecule has 0 unspecified atom stereocenters. The normalized spacial score (nSPS) is 20.4. The van der Waals surface area contributed by atoms with Crippen LogP contribution in [-0.2, 0) is 11.3 Å². The largest absolute Gasteiger partial charge is 0.444 e. The molecule has 2 aromatic carbocycles. The van der Waals surface area contributed by atoms with Gasteiger partial charge in [-0.2, -0.15) is 0 Å². The Kier molecular flexibility index (Phi) is 5.80. The number of ether oxygens (including phenoxy) is 1. The van der Waals surface area contributed by atoms with Gasteiger partial charge in [0.05, 0.1) is 6.04 Å². The Labute approximate surface area is 160 Å². The maximum absolute atomic E-state index is 14.4. The smallest absolute Gasteiger partial charge is 0.407 e. The Bertz CT molecular complexity index is 773. The number of carbonyl (C=O) groups is 1. The molecule has 4 nitrogen and oxygen atoms in total. The molecule has 1 fully saturated rings. The second-order valence-corrected chi connectivity index (χ2v) is 8.06. The molecule has 3 rings (SSSR count). The van der Waals surface area contributed by atoms with Gasteiger partial charge in [-0.1, -0.05) is 48.5 Å². The van der Waals surface area contributed by atoms with Crippen LogP contribution < -0.4 is 5.32 Å². The number of nitrogens with one attached hydrogen (secondary N) is 1. The Morgan fingerprint density at radius 1 is 1.11 bits per heavy atom. The molecule has 144 valence electrons. The first kappa shape index (κ1) is 19.4. The highest BCUT2D eigenvalue weighted by atomic mass is 19.1. The van der Waals surface area contributed by atoms with E-state index >= 15 is 0 Å². The van der Waals surface area contributed by atoms with Crippen LogP contribution in [0.1, 0.15) is 37.8 Å². The maximum Gasteiger partial charge on any atom is 0.407 e. The van der Waals surface area contributed by atoms with Crippen LogP contribution in [0.4, 0.5) is 9.18 Å². The van der Waals surface area contributed by atoms with Gasteiger partial charge in [0, 0.05) is 25.6 Å². The number of rotatable bonds is 4. The standard InChI is InChI=1S/C22H27FN2O2/c1-22(2,3)27-21(26)24-20-15-25(13-16-9-5-4-6-10-16)14-18(20)17-11-7-8-12-19(17)23/h4-12,18,20H,13-15H2,1-3H3,(H,24,26)/t18-,20-/m1/s1. The summed E-state index contributed by atoms with van der Waals surface area (Å²) in [4.78, 5) is 14.5. The zero-order valence-electron chi connectivity index (χ0n) is 16.1. The fourth-order valence-electron chi connectivity index (χ4n) is 3.55. The van der Waals surface area contributed by atoms with Gasteiger partial charge >= 0.3 is 6.09 Å². The zero-order chi connectivity index (χ0) is 19.4. The molecule has 0 saturated carbocycles. The molecule has 5 heteroatoms. The van der Waals surface area contributed by atoms with Crippen LogP contribution in [0, 0.1) is 5.82 Å². The Morgan fingerprint density at radius 3 is 2.44 bits per heavy atom. The van der Waals surface area contributed by atoms with Crippen molar-refractivity contribution in [3.05, 3.63) is 71.5 Å². The van der Waals surface area contributed by atoms with Gasteiger partial charge in [-0.05, 0) is 38.0 Å². The van der Waals surface area contributed by atoms with Crippen molar-refractivity contribution in [2.24, 2.45) is 0 Å². The predicted molar refractivity (Wildman–Crippen MR) is 104 cm³/mol. The van der Waals surface area contributed by atoms with Crippen molar-refractivity contribution in [1.29, 1.82) is 0 Å². The van der Waals surface area contributed by atoms with Gasteiger partial charge in [-0.25, -0.2) is 9.18 Å².